The summed E-state index contributed by atoms with van der Waals surface area (Å²) in [6.07, 6.45) is 3.72. The van der Waals surface area contributed by atoms with Gasteiger partial charge < -0.3 is 19.6 Å². The van der Waals surface area contributed by atoms with Crippen LogP contribution in [-0.4, -0.2) is 60.9 Å². The highest BCUT2D eigenvalue weighted by Crippen LogP contribution is 2.42. The van der Waals surface area contributed by atoms with E-state index in [0.717, 1.165) is 70.6 Å². The molecule has 0 unspecified atom stereocenters. The monoisotopic (exact) mass is 373 g/mol. The van der Waals surface area contributed by atoms with Gasteiger partial charge in [-0.15, -0.1) is 0 Å². The van der Waals surface area contributed by atoms with Crippen LogP contribution in [0.2, 0.25) is 0 Å². The summed E-state index contributed by atoms with van der Waals surface area (Å²) in [5.74, 6) is 0.322. The standard InChI is InChI=1S/C20H27N3O4/c24-18-20(9-11-23(18)17-6-12-27-13-7-17)8-1-10-22(14-20)16-4-2-15(3-5-16)21-19(25)26/h2-5,17,21H,1,6-14H2,(H,25,26)/t20-/m0/s1. The van der Waals surface area contributed by atoms with Crippen molar-refractivity contribution < 1.29 is 19.4 Å². The summed E-state index contributed by atoms with van der Waals surface area (Å²) in [4.78, 5) is 28.5. The number of ether oxygens (including phenoxy) is 1. The highest BCUT2D eigenvalue weighted by atomic mass is 16.5. The predicted octanol–water partition coefficient (Wildman–Crippen LogP) is 2.77. The van der Waals surface area contributed by atoms with Gasteiger partial charge in [-0.1, -0.05) is 0 Å². The van der Waals surface area contributed by atoms with Crippen molar-refractivity contribution in [1.82, 2.24) is 4.90 Å². The van der Waals surface area contributed by atoms with Crippen molar-refractivity contribution in [1.29, 1.82) is 0 Å². The van der Waals surface area contributed by atoms with E-state index in [9.17, 15) is 9.59 Å². The first-order valence-corrected chi connectivity index (χ1v) is 9.81. The number of hydrogen-bond acceptors (Lipinski definition) is 4. The lowest BCUT2D eigenvalue weighted by Gasteiger charge is -2.41. The molecule has 1 aromatic rings. The summed E-state index contributed by atoms with van der Waals surface area (Å²) in [6.45, 7) is 4.04. The molecule has 27 heavy (non-hydrogen) atoms. The van der Waals surface area contributed by atoms with E-state index in [1.54, 1.807) is 12.1 Å². The molecule has 4 rings (SSSR count). The van der Waals surface area contributed by atoms with E-state index >= 15 is 0 Å². The lowest BCUT2D eigenvalue weighted by molar-refractivity contribution is -0.139. The number of anilines is 2. The molecule has 3 aliphatic rings. The summed E-state index contributed by atoms with van der Waals surface area (Å²) in [5.41, 5.74) is 1.33. The molecule has 0 aliphatic carbocycles. The lowest BCUT2D eigenvalue weighted by atomic mass is 9.78. The van der Waals surface area contributed by atoms with Crippen LogP contribution < -0.4 is 10.2 Å². The van der Waals surface area contributed by atoms with Gasteiger partial charge in [0.2, 0.25) is 5.91 Å². The van der Waals surface area contributed by atoms with Crippen molar-refractivity contribution >= 4 is 23.4 Å². The zero-order chi connectivity index (χ0) is 18.9. The maximum Gasteiger partial charge on any atom is 0.409 e. The van der Waals surface area contributed by atoms with E-state index in [-0.39, 0.29) is 5.41 Å². The molecule has 2 amide bonds. The second kappa shape index (κ2) is 7.38. The molecule has 3 fully saturated rings. The molecule has 3 heterocycles. The van der Waals surface area contributed by atoms with Crippen LogP contribution in [0, 0.1) is 5.41 Å². The quantitative estimate of drug-likeness (QED) is 0.851. The van der Waals surface area contributed by atoms with Crippen LogP contribution in [0.5, 0.6) is 0 Å². The fraction of sp³-hybridized carbons (Fsp3) is 0.600. The average Bonchev–Trinajstić information content (AvgIpc) is 2.98. The van der Waals surface area contributed by atoms with Gasteiger partial charge in [0.1, 0.15) is 0 Å². The van der Waals surface area contributed by atoms with Gasteiger partial charge in [-0.3, -0.25) is 10.1 Å². The second-order valence-electron chi connectivity index (χ2n) is 7.87. The first-order chi connectivity index (χ1) is 13.1. The molecule has 146 valence electrons. The smallest absolute Gasteiger partial charge is 0.409 e. The van der Waals surface area contributed by atoms with Crippen LogP contribution in [0.1, 0.15) is 32.1 Å². The van der Waals surface area contributed by atoms with Crippen LogP contribution in [-0.2, 0) is 9.53 Å². The molecule has 0 aromatic heterocycles. The average molecular weight is 373 g/mol. The first-order valence-electron chi connectivity index (χ1n) is 9.81. The molecule has 0 bridgehead atoms. The van der Waals surface area contributed by atoms with E-state index in [2.05, 4.69) is 15.1 Å². The van der Waals surface area contributed by atoms with Crippen LogP contribution in [0.3, 0.4) is 0 Å². The Hall–Kier alpha value is -2.28. The normalized spacial score (nSPS) is 26.6. The van der Waals surface area contributed by atoms with Crippen molar-refractivity contribution in [2.75, 3.05) is 43.1 Å². The third-order valence-corrected chi connectivity index (χ3v) is 6.24. The molecule has 3 saturated heterocycles. The molecule has 7 nitrogen and oxygen atoms in total. The third kappa shape index (κ3) is 3.60. The molecular formula is C20H27N3O4. The Morgan fingerprint density at radius 1 is 1.15 bits per heavy atom. The number of carbonyl (C=O) groups excluding carboxylic acids is 1. The van der Waals surface area contributed by atoms with Gasteiger partial charge in [0, 0.05) is 50.3 Å². The number of rotatable bonds is 3. The fourth-order valence-electron chi connectivity index (χ4n) is 4.80. The Balaban J connectivity index is 1.46. The Bertz CT molecular complexity index is 702. The zero-order valence-corrected chi connectivity index (χ0v) is 15.5. The summed E-state index contributed by atoms with van der Waals surface area (Å²) >= 11 is 0. The predicted molar refractivity (Wildman–Crippen MR) is 102 cm³/mol. The molecule has 1 atom stereocenters. The van der Waals surface area contributed by atoms with Gasteiger partial charge in [-0.25, -0.2) is 4.79 Å². The Kier molecular flexibility index (Phi) is 4.95. The van der Waals surface area contributed by atoms with Crippen molar-refractivity contribution in [2.24, 2.45) is 5.41 Å². The van der Waals surface area contributed by atoms with E-state index in [1.807, 2.05) is 12.1 Å². The zero-order valence-electron chi connectivity index (χ0n) is 15.5. The second-order valence-corrected chi connectivity index (χ2v) is 7.87. The number of nitrogens with one attached hydrogen (secondary N) is 1. The Labute approximate surface area is 159 Å². The number of hydrogen-bond donors (Lipinski definition) is 2. The SMILES string of the molecule is O=C(O)Nc1ccc(N2CCC[C@]3(CCN(C4CCOCC4)C3=O)C2)cc1. The number of likely N-dealkylation sites (tertiary alicyclic amines) is 1. The van der Waals surface area contributed by atoms with E-state index in [1.165, 1.54) is 0 Å². The molecule has 2 N–H and O–H groups in total. The van der Waals surface area contributed by atoms with Crippen molar-refractivity contribution in [3.8, 4) is 0 Å². The largest absolute Gasteiger partial charge is 0.465 e. The van der Waals surface area contributed by atoms with E-state index in [4.69, 9.17) is 9.84 Å². The van der Waals surface area contributed by atoms with Crippen molar-refractivity contribution in [2.45, 2.75) is 38.1 Å². The first kappa shape index (κ1) is 18.1. The van der Waals surface area contributed by atoms with Gasteiger partial charge in [0.25, 0.3) is 0 Å². The lowest BCUT2D eigenvalue weighted by Crippen LogP contribution is -2.50. The third-order valence-electron chi connectivity index (χ3n) is 6.24. The number of nitrogens with zero attached hydrogens (tertiary/aromatic N) is 2. The summed E-state index contributed by atoms with van der Waals surface area (Å²) < 4.78 is 5.45. The highest BCUT2D eigenvalue weighted by molar-refractivity contribution is 5.86. The van der Waals surface area contributed by atoms with Crippen LogP contribution >= 0.6 is 0 Å². The topological polar surface area (TPSA) is 82.1 Å². The van der Waals surface area contributed by atoms with Gasteiger partial charge >= 0.3 is 6.09 Å². The minimum atomic E-state index is -1.07. The van der Waals surface area contributed by atoms with Gasteiger partial charge in [-0.05, 0) is 56.4 Å². The van der Waals surface area contributed by atoms with Crippen molar-refractivity contribution in [3.63, 3.8) is 0 Å². The molecule has 1 aromatic carbocycles. The van der Waals surface area contributed by atoms with Crippen molar-refractivity contribution in [3.05, 3.63) is 24.3 Å². The molecule has 3 aliphatic heterocycles. The minimum absolute atomic E-state index is 0.269. The fourth-order valence-corrected chi connectivity index (χ4v) is 4.80. The van der Waals surface area contributed by atoms with Gasteiger partial charge in [0.15, 0.2) is 0 Å². The van der Waals surface area contributed by atoms with E-state index < -0.39 is 6.09 Å². The summed E-state index contributed by atoms with van der Waals surface area (Å²) in [7, 11) is 0. The maximum atomic E-state index is 13.3. The summed E-state index contributed by atoms with van der Waals surface area (Å²) in [6, 6.07) is 7.74. The number of carbonyl (C=O) groups is 2. The van der Waals surface area contributed by atoms with E-state index in [0.29, 0.717) is 17.6 Å². The minimum Gasteiger partial charge on any atom is -0.465 e. The molecular weight excluding hydrogens is 346 g/mol. The number of amides is 2. The number of benzene rings is 1. The molecule has 0 saturated carbocycles. The summed E-state index contributed by atoms with van der Waals surface area (Å²) in [5, 5.41) is 11.2. The van der Waals surface area contributed by atoms with Crippen LogP contribution in [0.25, 0.3) is 0 Å². The van der Waals surface area contributed by atoms with Gasteiger partial charge in [-0.2, -0.15) is 0 Å². The Morgan fingerprint density at radius 3 is 2.59 bits per heavy atom. The highest BCUT2D eigenvalue weighted by Gasteiger charge is 2.50. The number of piperidine rings is 1. The van der Waals surface area contributed by atoms with Crippen LogP contribution in [0.15, 0.2) is 24.3 Å². The Morgan fingerprint density at radius 2 is 1.89 bits per heavy atom. The number of carboxylic acid groups (broad SMARTS) is 1. The maximum absolute atomic E-state index is 13.3. The van der Waals surface area contributed by atoms with Crippen LogP contribution in [0.4, 0.5) is 16.2 Å². The molecule has 0 radical (unpaired) electrons. The molecule has 1 spiro atoms. The van der Waals surface area contributed by atoms with Gasteiger partial charge in [0.05, 0.1) is 5.41 Å². The molecule has 7 heteroatoms.